The largest absolute Gasteiger partial charge is 0.464 e. The molecule has 6 nitrogen and oxygen atoms in total. The average molecular weight is 386 g/mol. The molecule has 0 saturated heterocycles. The first-order valence-electron chi connectivity index (χ1n) is 7.95. The number of hydrogen-bond donors (Lipinski definition) is 0. The minimum Gasteiger partial charge on any atom is -0.464 e. The van der Waals surface area contributed by atoms with Crippen LogP contribution in [0.3, 0.4) is 0 Å². The highest BCUT2D eigenvalue weighted by atomic mass is 32.2. The summed E-state index contributed by atoms with van der Waals surface area (Å²) in [5, 5.41) is 0.585. The van der Waals surface area contributed by atoms with Gasteiger partial charge in [0.25, 0.3) is 0 Å². The number of ether oxygens (including phenoxy) is 1. The molecule has 0 N–H and O–H groups in total. The Morgan fingerprint density at radius 2 is 1.81 bits per heavy atom. The molecule has 2 aromatic heterocycles. The molecule has 0 radical (unpaired) electrons. The van der Waals surface area contributed by atoms with Crippen molar-refractivity contribution in [3.63, 3.8) is 0 Å². The number of hydrogen-bond acceptors (Lipinski definition) is 7. The van der Waals surface area contributed by atoms with Gasteiger partial charge in [0.15, 0.2) is 5.16 Å². The average Bonchev–Trinajstić information content (AvgIpc) is 2.62. The van der Waals surface area contributed by atoms with Crippen LogP contribution < -0.4 is 10.2 Å². The minimum absolute atomic E-state index is 0.127. The second-order valence-electron chi connectivity index (χ2n) is 5.69. The third-order valence-corrected chi connectivity index (χ3v) is 4.31. The number of halogens is 1. The smallest absolute Gasteiger partial charge is 0.343 e. The van der Waals surface area contributed by atoms with Crippen molar-refractivity contribution < 1.29 is 18.3 Å². The maximum absolute atomic E-state index is 12.9. The highest BCUT2D eigenvalue weighted by Gasteiger charge is 2.13. The van der Waals surface area contributed by atoms with Crippen LogP contribution in [0.4, 0.5) is 4.39 Å². The van der Waals surface area contributed by atoms with Crippen molar-refractivity contribution in [2.24, 2.45) is 0 Å². The Bertz CT molecular complexity index is 1010. The first kappa shape index (κ1) is 18.8. The van der Waals surface area contributed by atoms with E-state index in [1.807, 2.05) is 19.9 Å². The van der Waals surface area contributed by atoms with Crippen molar-refractivity contribution in [1.29, 1.82) is 0 Å². The second-order valence-corrected chi connectivity index (χ2v) is 6.64. The van der Waals surface area contributed by atoms with Crippen molar-refractivity contribution in [2.75, 3.05) is 0 Å². The molecule has 0 atom stereocenters. The molecule has 2 heterocycles. The third kappa shape index (κ3) is 5.01. The lowest BCUT2D eigenvalue weighted by Gasteiger charge is -2.05. The van der Waals surface area contributed by atoms with Crippen molar-refractivity contribution in [1.82, 2.24) is 9.97 Å². The maximum Gasteiger partial charge on any atom is 0.343 e. The normalized spacial score (nSPS) is 10.6. The Morgan fingerprint density at radius 1 is 1.15 bits per heavy atom. The predicted octanol–water partition coefficient (Wildman–Crippen LogP) is 3.70. The molecule has 8 heteroatoms. The number of benzene rings is 1. The summed E-state index contributed by atoms with van der Waals surface area (Å²) in [6.45, 7) is 3.76. The number of aromatic nitrogens is 2. The molecule has 0 aliphatic carbocycles. The molecule has 1 aromatic carbocycles. The molecular weight excluding hydrogens is 371 g/mol. The highest BCUT2D eigenvalue weighted by Crippen LogP contribution is 2.20. The molecule has 3 aromatic rings. The van der Waals surface area contributed by atoms with Crippen LogP contribution in [0, 0.1) is 19.7 Å². The molecule has 0 unspecified atom stereocenters. The van der Waals surface area contributed by atoms with Gasteiger partial charge >= 0.3 is 5.97 Å². The van der Waals surface area contributed by atoms with E-state index in [4.69, 9.17) is 9.15 Å². The lowest BCUT2D eigenvalue weighted by atomic mass is 10.2. The number of esters is 1. The highest BCUT2D eigenvalue weighted by molar-refractivity contribution is 7.98. The summed E-state index contributed by atoms with van der Waals surface area (Å²) in [5.74, 6) is -0.728. The van der Waals surface area contributed by atoms with Gasteiger partial charge in [0, 0.05) is 17.5 Å². The lowest BCUT2D eigenvalue weighted by Crippen LogP contribution is -2.14. The molecule has 0 amide bonds. The number of thioether (sulfide) groups is 1. The van der Waals surface area contributed by atoms with E-state index in [9.17, 15) is 14.0 Å². The van der Waals surface area contributed by atoms with Crippen molar-refractivity contribution in [3.05, 3.63) is 81.4 Å². The Kier molecular flexibility index (Phi) is 5.66. The molecule has 0 aliphatic rings. The molecule has 0 fully saturated rings. The van der Waals surface area contributed by atoms with E-state index in [1.54, 1.807) is 0 Å². The summed E-state index contributed by atoms with van der Waals surface area (Å²) in [4.78, 5) is 32.7. The van der Waals surface area contributed by atoms with E-state index in [1.165, 1.54) is 30.0 Å². The Hall–Kier alpha value is -3.00. The zero-order chi connectivity index (χ0) is 19.4. The quantitative estimate of drug-likeness (QED) is 0.376. The molecule has 27 heavy (non-hydrogen) atoms. The Balaban J connectivity index is 1.67. The fourth-order valence-electron chi connectivity index (χ4n) is 2.23. The van der Waals surface area contributed by atoms with Gasteiger partial charge in [0.1, 0.15) is 17.8 Å². The van der Waals surface area contributed by atoms with E-state index in [-0.39, 0.29) is 11.3 Å². The van der Waals surface area contributed by atoms with Crippen molar-refractivity contribution >= 4 is 17.7 Å². The van der Waals surface area contributed by atoms with Crippen LogP contribution in [0.1, 0.15) is 27.5 Å². The van der Waals surface area contributed by atoms with E-state index < -0.39 is 17.2 Å². The molecule has 0 aliphatic heterocycles. The van der Waals surface area contributed by atoms with Crippen LogP contribution >= 0.6 is 11.8 Å². The fraction of sp³-hybridized carbons (Fsp3) is 0.158. The molecular formula is C19H15FN2O4S. The monoisotopic (exact) mass is 386 g/mol. The summed E-state index contributed by atoms with van der Waals surface area (Å²) in [6.07, 6.45) is 1.09. The van der Waals surface area contributed by atoms with Crippen LogP contribution in [0.25, 0.3) is 0 Å². The van der Waals surface area contributed by atoms with Crippen LogP contribution in [0.15, 0.2) is 57.0 Å². The Labute approximate surface area is 158 Å². The number of rotatable bonds is 5. The molecule has 3 rings (SSSR count). The van der Waals surface area contributed by atoms with Gasteiger partial charge < -0.3 is 9.15 Å². The van der Waals surface area contributed by atoms with Gasteiger partial charge in [-0.2, -0.15) is 0 Å². The summed E-state index contributed by atoms with van der Waals surface area (Å²) >= 11 is 1.33. The minimum atomic E-state index is -0.770. The standard InChI is InChI=1S/C19H15FN2O4S/c1-11-7-12(2)22-19(21-11)27-10-15-8-16(23)17(9-25-15)26-18(24)13-3-5-14(20)6-4-13/h3-9H,10H2,1-2H3. The van der Waals surface area contributed by atoms with Crippen molar-refractivity contribution in [3.8, 4) is 5.75 Å². The van der Waals surface area contributed by atoms with Crippen LogP contribution in [0.5, 0.6) is 5.75 Å². The lowest BCUT2D eigenvalue weighted by molar-refractivity contribution is 0.0728. The van der Waals surface area contributed by atoms with E-state index >= 15 is 0 Å². The summed E-state index contributed by atoms with van der Waals surface area (Å²) in [6, 6.07) is 7.93. The SMILES string of the molecule is Cc1cc(C)nc(SCc2cc(=O)c(OC(=O)c3ccc(F)cc3)co2)n1. The zero-order valence-electron chi connectivity index (χ0n) is 14.6. The van der Waals surface area contributed by atoms with E-state index in [0.29, 0.717) is 16.7 Å². The van der Waals surface area contributed by atoms with Gasteiger partial charge in [-0.05, 0) is 44.2 Å². The maximum atomic E-state index is 12.9. The summed E-state index contributed by atoms with van der Waals surface area (Å²) < 4.78 is 23.3. The topological polar surface area (TPSA) is 82.3 Å². The van der Waals surface area contributed by atoms with Gasteiger partial charge in [-0.15, -0.1) is 0 Å². The third-order valence-electron chi connectivity index (χ3n) is 3.44. The number of carbonyl (C=O) groups is 1. The Morgan fingerprint density at radius 3 is 2.44 bits per heavy atom. The number of nitrogens with zero attached hydrogens (tertiary/aromatic N) is 2. The predicted molar refractivity (Wildman–Crippen MR) is 97.4 cm³/mol. The van der Waals surface area contributed by atoms with Gasteiger partial charge in [0.05, 0.1) is 11.3 Å². The summed E-state index contributed by atoms with van der Waals surface area (Å²) in [5.41, 5.74) is 1.35. The van der Waals surface area contributed by atoms with Crippen LogP contribution in [-0.2, 0) is 5.75 Å². The fourth-order valence-corrected chi connectivity index (χ4v) is 3.07. The number of carbonyl (C=O) groups excluding carboxylic acids is 1. The van der Waals surface area contributed by atoms with Gasteiger partial charge in [-0.25, -0.2) is 19.2 Å². The van der Waals surface area contributed by atoms with Crippen LogP contribution in [0.2, 0.25) is 0 Å². The van der Waals surface area contributed by atoms with Gasteiger partial charge in [-0.1, -0.05) is 11.8 Å². The van der Waals surface area contributed by atoms with E-state index in [0.717, 1.165) is 29.8 Å². The molecule has 0 saturated carbocycles. The van der Waals surface area contributed by atoms with Gasteiger partial charge in [-0.3, -0.25) is 4.79 Å². The summed E-state index contributed by atoms with van der Waals surface area (Å²) in [7, 11) is 0. The second kappa shape index (κ2) is 8.13. The first-order valence-corrected chi connectivity index (χ1v) is 8.94. The molecule has 0 spiro atoms. The van der Waals surface area contributed by atoms with Crippen molar-refractivity contribution in [2.45, 2.75) is 24.8 Å². The molecule has 138 valence electrons. The zero-order valence-corrected chi connectivity index (χ0v) is 15.4. The first-order chi connectivity index (χ1) is 12.9. The molecule has 0 bridgehead atoms. The van der Waals surface area contributed by atoms with Crippen LogP contribution in [-0.4, -0.2) is 15.9 Å². The van der Waals surface area contributed by atoms with E-state index in [2.05, 4.69) is 9.97 Å². The number of aryl methyl sites for hydroxylation is 2. The van der Waals surface area contributed by atoms with Gasteiger partial charge in [0.2, 0.25) is 11.2 Å².